The van der Waals surface area contributed by atoms with E-state index < -0.39 is 0 Å². The summed E-state index contributed by atoms with van der Waals surface area (Å²) in [6.07, 6.45) is 5.14. The molecule has 0 saturated carbocycles. The lowest BCUT2D eigenvalue weighted by Gasteiger charge is -1.96. The van der Waals surface area contributed by atoms with Crippen molar-refractivity contribution in [2.45, 2.75) is 0 Å². The number of nitrogens with two attached hydrogens (primary N) is 1. The molecule has 0 aliphatic carbocycles. The van der Waals surface area contributed by atoms with Crippen LogP contribution in [0.2, 0.25) is 0 Å². The summed E-state index contributed by atoms with van der Waals surface area (Å²) >= 11 is 0. The number of hydrogen-bond acceptors (Lipinski definition) is 2. The van der Waals surface area contributed by atoms with E-state index in [2.05, 4.69) is 11.3 Å². The lowest BCUT2D eigenvalue weighted by Crippen LogP contribution is -2.05. The molecular weight excluding hydrogens is 124 g/mol. The number of benzene rings is 1. The molecule has 10 heavy (non-hydrogen) atoms. The molecule has 0 spiro atoms. The van der Waals surface area contributed by atoms with Gasteiger partial charge in [-0.25, -0.2) is 0 Å². The smallest absolute Gasteiger partial charge is 0.0485 e. The van der Waals surface area contributed by atoms with Crippen LogP contribution in [0.1, 0.15) is 5.56 Å². The fourth-order valence-corrected chi connectivity index (χ4v) is 0.663. The number of anilines is 1. The second-order valence-electron chi connectivity index (χ2n) is 1.87. The summed E-state index contributed by atoms with van der Waals surface area (Å²) in [4.78, 5) is 0. The molecule has 0 atom stereocenters. The third kappa shape index (κ3) is 1.28. The average molecular weight is 132 g/mol. The third-order valence-electron chi connectivity index (χ3n) is 1.22. The van der Waals surface area contributed by atoms with Gasteiger partial charge in [0.2, 0.25) is 0 Å². The molecule has 1 rings (SSSR count). The molecule has 0 bridgehead atoms. The Morgan fingerprint density at radius 1 is 1.30 bits per heavy atom. The molecule has 1 aromatic carbocycles. The van der Waals surface area contributed by atoms with Crippen LogP contribution in [0.5, 0.6) is 0 Å². The van der Waals surface area contributed by atoms with Crippen molar-refractivity contribution in [3.8, 4) is 12.3 Å². The van der Waals surface area contributed by atoms with Gasteiger partial charge in [-0.3, -0.25) is 5.84 Å². The maximum Gasteiger partial charge on any atom is 0.0485 e. The fraction of sp³-hybridized carbons (Fsp3) is 0. The van der Waals surface area contributed by atoms with E-state index in [0.29, 0.717) is 0 Å². The Labute approximate surface area is 60.0 Å². The Balaban J connectivity index is 2.93. The minimum atomic E-state index is 0.860. The number of rotatable bonds is 1. The highest BCUT2D eigenvalue weighted by Crippen LogP contribution is 2.05. The predicted octanol–water partition coefficient (Wildman–Crippen LogP) is 0.954. The van der Waals surface area contributed by atoms with Crippen LogP contribution in [-0.4, -0.2) is 0 Å². The van der Waals surface area contributed by atoms with Crippen LogP contribution in [0, 0.1) is 12.3 Å². The Hall–Kier alpha value is -1.46. The van der Waals surface area contributed by atoms with Crippen LogP contribution in [-0.2, 0) is 0 Å². The van der Waals surface area contributed by atoms with Crippen molar-refractivity contribution in [2.75, 3.05) is 5.43 Å². The summed E-state index contributed by atoms with van der Waals surface area (Å²) in [5.74, 6) is 7.65. The number of nitrogens with one attached hydrogen (secondary N) is 1. The van der Waals surface area contributed by atoms with E-state index in [1.807, 2.05) is 24.3 Å². The molecule has 50 valence electrons. The quantitative estimate of drug-likeness (QED) is 0.339. The van der Waals surface area contributed by atoms with Crippen molar-refractivity contribution >= 4 is 5.69 Å². The maximum absolute atomic E-state index is 5.14. The normalized spacial score (nSPS) is 8.40. The van der Waals surface area contributed by atoms with E-state index in [1.54, 1.807) is 0 Å². The van der Waals surface area contributed by atoms with Crippen LogP contribution in [0.3, 0.4) is 0 Å². The molecular formula is C8H8N2. The highest BCUT2D eigenvalue weighted by molar-refractivity contribution is 5.46. The zero-order chi connectivity index (χ0) is 7.40. The second-order valence-corrected chi connectivity index (χ2v) is 1.87. The Bertz CT molecular complexity index is 243. The van der Waals surface area contributed by atoms with Gasteiger partial charge >= 0.3 is 0 Å². The molecule has 1 aromatic rings. The van der Waals surface area contributed by atoms with Gasteiger partial charge in [-0.05, 0) is 24.3 Å². The summed E-state index contributed by atoms with van der Waals surface area (Å²) in [7, 11) is 0. The van der Waals surface area contributed by atoms with Gasteiger partial charge in [0, 0.05) is 11.3 Å². The van der Waals surface area contributed by atoms with Crippen LogP contribution < -0.4 is 11.3 Å². The van der Waals surface area contributed by atoms with Crippen molar-refractivity contribution in [3.63, 3.8) is 0 Å². The molecule has 0 saturated heterocycles. The number of terminal acetylenes is 1. The molecule has 0 aromatic heterocycles. The standard InChI is InChI=1S/C8H8N2/c1-2-7-3-5-8(10-9)6-4-7/h1,3-6,10H,9H2. The summed E-state index contributed by atoms with van der Waals surface area (Å²) < 4.78 is 0. The Morgan fingerprint density at radius 3 is 2.30 bits per heavy atom. The Morgan fingerprint density at radius 2 is 1.90 bits per heavy atom. The first-order chi connectivity index (χ1) is 4.86. The third-order valence-corrected chi connectivity index (χ3v) is 1.22. The van der Waals surface area contributed by atoms with Crippen molar-refractivity contribution in [1.29, 1.82) is 0 Å². The van der Waals surface area contributed by atoms with Gasteiger partial charge in [-0.2, -0.15) is 0 Å². The topological polar surface area (TPSA) is 38.0 Å². The molecule has 0 aliphatic heterocycles. The summed E-state index contributed by atoms with van der Waals surface area (Å²) in [6.45, 7) is 0. The van der Waals surface area contributed by atoms with E-state index in [-0.39, 0.29) is 0 Å². The zero-order valence-corrected chi connectivity index (χ0v) is 5.46. The molecule has 0 amide bonds. The number of hydrazine groups is 1. The second kappa shape index (κ2) is 2.90. The molecule has 2 heteroatoms. The highest BCUT2D eigenvalue weighted by atomic mass is 15.2. The van der Waals surface area contributed by atoms with Gasteiger partial charge in [0.15, 0.2) is 0 Å². The van der Waals surface area contributed by atoms with Gasteiger partial charge in [-0.15, -0.1) is 6.42 Å². The fourth-order valence-electron chi connectivity index (χ4n) is 0.663. The highest BCUT2D eigenvalue weighted by Gasteiger charge is 1.86. The minimum Gasteiger partial charge on any atom is -0.324 e. The van der Waals surface area contributed by atoms with Gasteiger partial charge < -0.3 is 5.43 Å². The lowest BCUT2D eigenvalue weighted by atomic mass is 10.2. The van der Waals surface area contributed by atoms with Crippen LogP contribution in [0.15, 0.2) is 24.3 Å². The molecule has 0 radical (unpaired) electrons. The number of hydrogen-bond donors (Lipinski definition) is 2. The molecule has 0 unspecified atom stereocenters. The summed E-state index contributed by atoms with van der Waals surface area (Å²) in [5.41, 5.74) is 4.23. The van der Waals surface area contributed by atoms with Crippen LogP contribution in [0.4, 0.5) is 5.69 Å². The summed E-state index contributed by atoms with van der Waals surface area (Å²) in [5, 5.41) is 0. The minimum absolute atomic E-state index is 0.860. The first-order valence-electron chi connectivity index (χ1n) is 2.90. The number of nitrogen functional groups attached to an aromatic ring is 1. The van der Waals surface area contributed by atoms with E-state index in [4.69, 9.17) is 12.3 Å². The van der Waals surface area contributed by atoms with Crippen molar-refractivity contribution in [1.82, 2.24) is 0 Å². The van der Waals surface area contributed by atoms with Gasteiger partial charge in [0.1, 0.15) is 0 Å². The monoisotopic (exact) mass is 132 g/mol. The molecule has 0 fully saturated rings. The summed E-state index contributed by atoms with van der Waals surface area (Å²) in [6, 6.07) is 7.31. The molecule has 0 heterocycles. The van der Waals surface area contributed by atoms with Gasteiger partial charge in [0.25, 0.3) is 0 Å². The van der Waals surface area contributed by atoms with E-state index in [1.165, 1.54) is 0 Å². The van der Waals surface area contributed by atoms with E-state index >= 15 is 0 Å². The predicted molar refractivity (Wildman–Crippen MR) is 42.2 cm³/mol. The van der Waals surface area contributed by atoms with Crippen molar-refractivity contribution < 1.29 is 0 Å². The zero-order valence-electron chi connectivity index (χ0n) is 5.46. The SMILES string of the molecule is C#Cc1ccc(NN)cc1. The Kier molecular flexibility index (Phi) is 1.93. The first-order valence-corrected chi connectivity index (χ1v) is 2.90. The molecule has 0 aliphatic rings. The first kappa shape index (κ1) is 6.66. The van der Waals surface area contributed by atoms with Crippen LogP contribution >= 0.6 is 0 Å². The van der Waals surface area contributed by atoms with Crippen LogP contribution in [0.25, 0.3) is 0 Å². The van der Waals surface area contributed by atoms with Gasteiger partial charge in [-0.1, -0.05) is 5.92 Å². The van der Waals surface area contributed by atoms with Crippen molar-refractivity contribution in [3.05, 3.63) is 29.8 Å². The maximum atomic E-state index is 5.14. The molecule has 2 nitrogen and oxygen atoms in total. The van der Waals surface area contributed by atoms with E-state index in [0.717, 1.165) is 11.3 Å². The average Bonchev–Trinajstić information content (AvgIpc) is 2.05. The largest absolute Gasteiger partial charge is 0.324 e. The van der Waals surface area contributed by atoms with Crippen molar-refractivity contribution in [2.24, 2.45) is 5.84 Å². The molecule has 3 N–H and O–H groups in total. The van der Waals surface area contributed by atoms with Gasteiger partial charge in [0.05, 0.1) is 0 Å². The lowest BCUT2D eigenvalue weighted by molar-refractivity contribution is 1.35. The van der Waals surface area contributed by atoms with E-state index in [9.17, 15) is 0 Å².